The van der Waals surface area contributed by atoms with Crippen molar-refractivity contribution in [1.29, 1.82) is 0 Å². The predicted octanol–water partition coefficient (Wildman–Crippen LogP) is 1.67. The van der Waals surface area contributed by atoms with Crippen LogP contribution >= 0.6 is 0 Å². The molecule has 2 heterocycles. The maximum Gasteiger partial charge on any atom is 0.123 e. The molecule has 1 unspecified atom stereocenters. The Morgan fingerprint density at radius 3 is 3.06 bits per heavy atom. The first kappa shape index (κ1) is 10.7. The molecule has 0 amide bonds. The Morgan fingerprint density at radius 1 is 1.41 bits per heavy atom. The van der Waals surface area contributed by atoms with Gasteiger partial charge in [-0.05, 0) is 25.0 Å². The standard InChI is InChI=1S/C13H17N3O/c14-8-13-15-11-5-1-2-6-12(11)16(13)9-10-4-3-7-17-10/h1-2,5-6,10H,3-4,7-9,14H2. The third-order valence-electron chi connectivity index (χ3n) is 3.33. The number of nitrogens with two attached hydrogens (primary N) is 1. The zero-order valence-electron chi connectivity index (χ0n) is 9.80. The van der Waals surface area contributed by atoms with Crippen molar-refractivity contribution < 1.29 is 4.74 Å². The Bertz CT molecular complexity index is 514. The van der Waals surface area contributed by atoms with Crippen molar-refractivity contribution in [2.75, 3.05) is 6.61 Å². The summed E-state index contributed by atoms with van der Waals surface area (Å²) in [4.78, 5) is 4.56. The van der Waals surface area contributed by atoms with E-state index in [4.69, 9.17) is 10.5 Å². The molecule has 1 aromatic carbocycles. The lowest BCUT2D eigenvalue weighted by Crippen LogP contribution is -2.18. The van der Waals surface area contributed by atoms with E-state index < -0.39 is 0 Å². The highest BCUT2D eigenvalue weighted by molar-refractivity contribution is 5.75. The van der Waals surface area contributed by atoms with Gasteiger partial charge in [0.25, 0.3) is 0 Å². The van der Waals surface area contributed by atoms with Crippen LogP contribution in [0.15, 0.2) is 24.3 Å². The van der Waals surface area contributed by atoms with E-state index in [-0.39, 0.29) is 0 Å². The van der Waals surface area contributed by atoms with Gasteiger partial charge < -0.3 is 15.0 Å². The summed E-state index contributed by atoms with van der Waals surface area (Å²) in [7, 11) is 0. The summed E-state index contributed by atoms with van der Waals surface area (Å²) in [5, 5.41) is 0. The van der Waals surface area contributed by atoms with Gasteiger partial charge in [-0.25, -0.2) is 4.98 Å². The van der Waals surface area contributed by atoms with Gasteiger partial charge in [0.1, 0.15) is 5.82 Å². The molecule has 0 bridgehead atoms. The van der Waals surface area contributed by atoms with E-state index in [1.165, 1.54) is 0 Å². The molecule has 1 aliphatic rings. The number of hydrogen-bond acceptors (Lipinski definition) is 3. The van der Waals surface area contributed by atoms with Crippen LogP contribution in [-0.4, -0.2) is 22.3 Å². The Morgan fingerprint density at radius 2 is 2.29 bits per heavy atom. The molecule has 0 spiro atoms. The molecule has 3 rings (SSSR count). The SMILES string of the molecule is NCc1nc2ccccc2n1CC1CCCO1. The summed E-state index contributed by atoms with van der Waals surface area (Å²) in [5.74, 6) is 0.946. The average Bonchev–Trinajstić information content (AvgIpc) is 2.98. The second kappa shape index (κ2) is 4.47. The summed E-state index contributed by atoms with van der Waals surface area (Å²) in [6, 6.07) is 8.17. The molecule has 1 saturated heterocycles. The Hall–Kier alpha value is -1.39. The van der Waals surface area contributed by atoms with Crippen molar-refractivity contribution in [3.63, 3.8) is 0 Å². The van der Waals surface area contributed by atoms with Crippen molar-refractivity contribution >= 4 is 11.0 Å². The Balaban J connectivity index is 1.99. The van der Waals surface area contributed by atoms with Gasteiger partial charge in [-0.1, -0.05) is 12.1 Å². The molecular weight excluding hydrogens is 214 g/mol. The van der Waals surface area contributed by atoms with Gasteiger partial charge in [-0.3, -0.25) is 0 Å². The van der Waals surface area contributed by atoms with Crippen molar-refractivity contribution in [3.05, 3.63) is 30.1 Å². The number of imidazole rings is 1. The number of aromatic nitrogens is 2. The molecular formula is C13H17N3O. The maximum absolute atomic E-state index is 5.76. The van der Waals surface area contributed by atoms with E-state index in [2.05, 4.69) is 15.6 Å². The topological polar surface area (TPSA) is 53.1 Å². The first-order chi connectivity index (χ1) is 8.38. The Labute approximate surface area is 100 Å². The molecule has 0 saturated carbocycles. The highest BCUT2D eigenvalue weighted by Crippen LogP contribution is 2.20. The minimum absolute atomic E-state index is 0.318. The predicted molar refractivity (Wildman–Crippen MR) is 66.6 cm³/mol. The van der Waals surface area contributed by atoms with Crippen LogP contribution < -0.4 is 5.73 Å². The Kier molecular flexibility index (Phi) is 2.82. The van der Waals surface area contributed by atoms with Crippen LogP contribution in [-0.2, 0) is 17.8 Å². The van der Waals surface area contributed by atoms with Crippen LogP contribution in [0, 0.1) is 0 Å². The second-order valence-corrected chi connectivity index (χ2v) is 4.47. The molecule has 1 aliphatic heterocycles. The normalized spacial score (nSPS) is 20.2. The lowest BCUT2D eigenvalue weighted by Gasteiger charge is -2.13. The summed E-state index contributed by atoms with van der Waals surface area (Å²) >= 11 is 0. The van der Waals surface area contributed by atoms with Crippen LogP contribution in [0.1, 0.15) is 18.7 Å². The maximum atomic E-state index is 5.76. The first-order valence-electron chi connectivity index (χ1n) is 6.14. The van der Waals surface area contributed by atoms with E-state index >= 15 is 0 Å². The fraction of sp³-hybridized carbons (Fsp3) is 0.462. The van der Waals surface area contributed by atoms with Crippen LogP contribution in [0.2, 0.25) is 0 Å². The summed E-state index contributed by atoms with van der Waals surface area (Å²) in [5.41, 5.74) is 7.94. The number of benzene rings is 1. The molecule has 2 N–H and O–H groups in total. The lowest BCUT2D eigenvalue weighted by molar-refractivity contribution is 0.0972. The summed E-state index contributed by atoms with van der Waals surface area (Å²) < 4.78 is 7.88. The number of ether oxygens (including phenoxy) is 1. The van der Waals surface area contributed by atoms with Gasteiger partial charge in [0.15, 0.2) is 0 Å². The molecule has 0 aliphatic carbocycles. The summed E-state index contributed by atoms with van der Waals surface area (Å²) in [6.45, 7) is 2.23. The highest BCUT2D eigenvalue weighted by Gasteiger charge is 2.18. The number of hydrogen-bond donors (Lipinski definition) is 1. The van der Waals surface area contributed by atoms with Gasteiger partial charge in [0.05, 0.1) is 30.2 Å². The largest absolute Gasteiger partial charge is 0.376 e. The quantitative estimate of drug-likeness (QED) is 0.874. The van der Waals surface area contributed by atoms with E-state index in [9.17, 15) is 0 Å². The van der Waals surface area contributed by atoms with E-state index in [1.54, 1.807) is 0 Å². The number of fused-ring (bicyclic) bond motifs is 1. The molecule has 4 nitrogen and oxygen atoms in total. The van der Waals surface area contributed by atoms with Crippen molar-refractivity contribution in [3.8, 4) is 0 Å². The van der Waals surface area contributed by atoms with E-state index in [0.717, 1.165) is 42.9 Å². The lowest BCUT2D eigenvalue weighted by atomic mass is 10.2. The van der Waals surface area contributed by atoms with Gasteiger partial charge in [0.2, 0.25) is 0 Å². The van der Waals surface area contributed by atoms with E-state index in [0.29, 0.717) is 12.6 Å². The third-order valence-corrected chi connectivity index (χ3v) is 3.33. The highest BCUT2D eigenvalue weighted by atomic mass is 16.5. The van der Waals surface area contributed by atoms with Crippen LogP contribution in [0.25, 0.3) is 11.0 Å². The van der Waals surface area contributed by atoms with Gasteiger partial charge in [-0.15, -0.1) is 0 Å². The minimum Gasteiger partial charge on any atom is -0.376 e. The van der Waals surface area contributed by atoms with Crippen LogP contribution in [0.4, 0.5) is 0 Å². The molecule has 90 valence electrons. The fourth-order valence-corrected chi connectivity index (χ4v) is 2.48. The second-order valence-electron chi connectivity index (χ2n) is 4.47. The van der Waals surface area contributed by atoms with Crippen molar-refractivity contribution in [2.24, 2.45) is 5.73 Å². The number of nitrogens with zero attached hydrogens (tertiary/aromatic N) is 2. The zero-order chi connectivity index (χ0) is 11.7. The molecule has 0 radical (unpaired) electrons. The van der Waals surface area contributed by atoms with Gasteiger partial charge in [-0.2, -0.15) is 0 Å². The van der Waals surface area contributed by atoms with Crippen LogP contribution in [0.5, 0.6) is 0 Å². The minimum atomic E-state index is 0.318. The smallest absolute Gasteiger partial charge is 0.123 e. The van der Waals surface area contributed by atoms with Crippen molar-refractivity contribution in [1.82, 2.24) is 9.55 Å². The van der Waals surface area contributed by atoms with Gasteiger partial charge in [0, 0.05) is 6.61 Å². The molecule has 4 heteroatoms. The van der Waals surface area contributed by atoms with E-state index in [1.807, 2.05) is 18.2 Å². The number of para-hydroxylation sites is 2. The third kappa shape index (κ3) is 1.94. The van der Waals surface area contributed by atoms with Crippen molar-refractivity contribution in [2.45, 2.75) is 32.0 Å². The number of rotatable bonds is 3. The van der Waals surface area contributed by atoms with Crippen LogP contribution in [0.3, 0.4) is 0 Å². The molecule has 17 heavy (non-hydrogen) atoms. The molecule has 1 aromatic heterocycles. The average molecular weight is 231 g/mol. The molecule has 1 fully saturated rings. The molecule has 1 atom stereocenters. The van der Waals surface area contributed by atoms with Gasteiger partial charge >= 0.3 is 0 Å². The monoisotopic (exact) mass is 231 g/mol. The zero-order valence-corrected chi connectivity index (χ0v) is 9.80. The summed E-state index contributed by atoms with van der Waals surface area (Å²) in [6.07, 6.45) is 2.61. The fourth-order valence-electron chi connectivity index (χ4n) is 2.48. The molecule has 2 aromatic rings. The first-order valence-corrected chi connectivity index (χ1v) is 6.14.